The molecular weight excluding hydrogens is 303 g/mol. The summed E-state index contributed by atoms with van der Waals surface area (Å²) >= 11 is 0. The van der Waals surface area contributed by atoms with E-state index in [-0.39, 0.29) is 0 Å². The van der Waals surface area contributed by atoms with Gasteiger partial charge < -0.3 is 0 Å². The van der Waals surface area contributed by atoms with E-state index in [1.54, 1.807) is 11.7 Å². The molecule has 1 unspecified atom stereocenters. The third kappa shape index (κ3) is 1.52. The van der Waals surface area contributed by atoms with Crippen LogP contribution in [0.25, 0.3) is 11.3 Å². The number of fused-ring (bicyclic) bond motifs is 2. The Morgan fingerprint density at radius 1 is 1.17 bits per heavy atom. The zero-order chi connectivity index (χ0) is 16.1. The summed E-state index contributed by atoms with van der Waals surface area (Å²) < 4.78 is 42.2. The van der Waals surface area contributed by atoms with Gasteiger partial charge in [0.05, 0.1) is 17.4 Å². The van der Waals surface area contributed by atoms with Crippen molar-refractivity contribution in [2.24, 2.45) is 7.05 Å². The summed E-state index contributed by atoms with van der Waals surface area (Å²) in [5, 5.41) is 4.61. The van der Waals surface area contributed by atoms with E-state index in [1.165, 1.54) is 0 Å². The first-order chi connectivity index (χ1) is 10.9. The summed E-state index contributed by atoms with van der Waals surface area (Å²) in [4.78, 5) is 2.51. The van der Waals surface area contributed by atoms with Gasteiger partial charge in [0.15, 0.2) is 17.5 Å². The number of aryl methyl sites for hydroxylation is 1. The Kier molecular flexibility index (Phi) is 2.35. The van der Waals surface area contributed by atoms with E-state index in [2.05, 4.69) is 16.9 Å². The molecule has 120 valence electrons. The molecule has 0 saturated carbocycles. The van der Waals surface area contributed by atoms with Crippen LogP contribution in [-0.2, 0) is 13.5 Å². The first-order valence-corrected chi connectivity index (χ1v) is 7.88. The quantitative estimate of drug-likeness (QED) is 0.752. The van der Waals surface area contributed by atoms with E-state index in [4.69, 9.17) is 0 Å². The summed E-state index contributed by atoms with van der Waals surface area (Å²) in [6.45, 7) is 2.28. The molecule has 0 spiro atoms. The van der Waals surface area contributed by atoms with Crippen molar-refractivity contribution in [2.75, 3.05) is 0 Å². The SMILES string of the molecule is Cn1nc2c(c1-c1cc(F)c(F)c(F)c1)C[C@H]1CC3(C)C[C@@H]2N13. The Labute approximate surface area is 131 Å². The Morgan fingerprint density at radius 2 is 1.87 bits per heavy atom. The number of halogens is 3. The number of aromatic nitrogens is 2. The maximum Gasteiger partial charge on any atom is 0.194 e. The van der Waals surface area contributed by atoms with Crippen LogP contribution in [0.3, 0.4) is 0 Å². The maximum atomic E-state index is 13.6. The first kappa shape index (κ1) is 13.6. The van der Waals surface area contributed by atoms with Gasteiger partial charge in [0, 0.05) is 29.8 Å². The predicted molar refractivity (Wildman–Crippen MR) is 78.2 cm³/mol. The van der Waals surface area contributed by atoms with Gasteiger partial charge in [0.1, 0.15) is 0 Å². The highest BCUT2D eigenvalue weighted by atomic mass is 19.2. The average Bonchev–Trinajstić information content (AvgIpc) is 2.78. The molecule has 1 aromatic heterocycles. The van der Waals surface area contributed by atoms with E-state index < -0.39 is 17.5 Å². The number of benzene rings is 1. The van der Waals surface area contributed by atoms with Crippen LogP contribution in [0.4, 0.5) is 13.2 Å². The van der Waals surface area contributed by atoms with Crippen molar-refractivity contribution in [3.63, 3.8) is 0 Å². The predicted octanol–water partition coefficient (Wildman–Crippen LogP) is 3.34. The molecule has 4 heterocycles. The average molecular weight is 319 g/mol. The van der Waals surface area contributed by atoms with Crippen LogP contribution in [0.15, 0.2) is 12.1 Å². The van der Waals surface area contributed by atoms with Crippen molar-refractivity contribution in [3.05, 3.63) is 40.8 Å². The van der Waals surface area contributed by atoms with Gasteiger partial charge in [-0.1, -0.05) is 0 Å². The third-order valence-corrected chi connectivity index (χ3v) is 5.85. The number of hydrogen-bond acceptors (Lipinski definition) is 2. The summed E-state index contributed by atoms with van der Waals surface area (Å²) in [7, 11) is 1.78. The standard InChI is InChI=1S/C17H16F3N3/c1-17-6-9-5-10-15(13(7-17)23(9)17)21-22(2)16(10)8-3-11(18)14(20)12(19)4-8/h3-4,9,13H,5-7H2,1-2H3/t9-,13-,17?/m0/s1. The fourth-order valence-electron chi connectivity index (χ4n) is 5.01. The molecule has 23 heavy (non-hydrogen) atoms. The number of hydrogen-bond donors (Lipinski definition) is 0. The van der Waals surface area contributed by atoms with Crippen molar-refractivity contribution in [3.8, 4) is 11.3 Å². The molecule has 0 aliphatic carbocycles. The van der Waals surface area contributed by atoms with Crippen LogP contribution >= 0.6 is 0 Å². The Morgan fingerprint density at radius 3 is 2.52 bits per heavy atom. The molecule has 5 rings (SSSR count). The normalized spacial score (nSPS) is 31.2. The molecule has 2 saturated heterocycles. The van der Waals surface area contributed by atoms with Gasteiger partial charge in [0.2, 0.25) is 0 Å². The summed E-state index contributed by atoms with van der Waals surface area (Å²) in [5.74, 6) is -3.75. The molecule has 3 aliphatic rings. The van der Waals surface area contributed by atoms with E-state index in [0.29, 0.717) is 28.9 Å². The molecule has 0 N–H and O–H groups in total. The summed E-state index contributed by atoms with van der Waals surface area (Å²) in [6, 6.07) is 2.93. The lowest BCUT2D eigenvalue weighted by Gasteiger charge is -2.71. The highest BCUT2D eigenvalue weighted by molar-refractivity contribution is 5.66. The fourth-order valence-corrected chi connectivity index (χ4v) is 5.01. The van der Waals surface area contributed by atoms with Crippen molar-refractivity contribution in [1.29, 1.82) is 0 Å². The van der Waals surface area contributed by atoms with Crippen LogP contribution in [-0.4, -0.2) is 26.3 Å². The molecule has 3 atom stereocenters. The molecule has 2 fully saturated rings. The molecule has 6 heteroatoms. The molecule has 0 amide bonds. The molecular formula is C17H16F3N3. The molecule has 3 aliphatic heterocycles. The second kappa shape index (κ2) is 3.98. The van der Waals surface area contributed by atoms with Gasteiger partial charge in [-0.15, -0.1) is 0 Å². The zero-order valence-corrected chi connectivity index (χ0v) is 12.9. The molecule has 2 aromatic rings. The van der Waals surface area contributed by atoms with Crippen molar-refractivity contribution < 1.29 is 13.2 Å². The van der Waals surface area contributed by atoms with Gasteiger partial charge in [-0.3, -0.25) is 9.58 Å². The highest BCUT2D eigenvalue weighted by Crippen LogP contribution is 2.61. The van der Waals surface area contributed by atoms with Crippen LogP contribution in [0.2, 0.25) is 0 Å². The van der Waals surface area contributed by atoms with Gasteiger partial charge in [-0.2, -0.15) is 5.10 Å². The largest absolute Gasteiger partial charge is 0.286 e. The minimum Gasteiger partial charge on any atom is -0.286 e. The van der Waals surface area contributed by atoms with Crippen molar-refractivity contribution >= 4 is 0 Å². The third-order valence-electron chi connectivity index (χ3n) is 5.85. The Bertz CT molecular complexity index is 836. The minimum absolute atomic E-state index is 0.317. The number of piperidine rings is 1. The summed E-state index contributed by atoms with van der Waals surface area (Å²) in [5.41, 5.74) is 3.45. The Hall–Kier alpha value is -1.82. The Balaban J connectivity index is 1.66. The zero-order valence-electron chi connectivity index (χ0n) is 12.9. The second-order valence-corrected chi connectivity index (χ2v) is 7.28. The minimum atomic E-state index is -1.43. The first-order valence-electron chi connectivity index (χ1n) is 7.88. The van der Waals surface area contributed by atoms with E-state index in [0.717, 1.165) is 42.7 Å². The summed E-state index contributed by atoms with van der Waals surface area (Å²) in [6.07, 6.45) is 3.08. The van der Waals surface area contributed by atoms with Crippen LogP contribution in [0.5, 0.6) is 0 Å². The highest BCUT2D eigenvalue weighted by Gasteiger charge is 2.63. The van der Waals surface area contributed by atoms with Gasteiger partial charge >= 0.3 is 0 Å². The van der Waals surface area contributed by atoms with E-state index in [9.17, 15) is 13.2 Å². The number of nitrogens with zero attached hydrogens (tertiary/aromatic N) is 3. The topological polar surface area (TPSA) is 21.1 Å². The van der Waals surface area contributed by atoms with Crippen LogP contribution in [0.1, 0.15) is 37.1 Å². The van der Waals surface area contributed by atoms with Gasteiger partial charge in [0.25, 0.3) is 0 Å². The van der Waals surface area contributed by atoms with Crippen molar-refractivity contribution in [2.45, 2.75) is 43.8 Å². The lowest BCUT2D eigenvalue weighted by molar-refractivity contribution is -0.199. The number of rotatable bonds is 1. The van der Waals surface area contributed by atoms with Gasteiger partial charge in [-0.05, 0) is 38.3 Å². The van der Waals surface area contributed by atoms with E-state index in [1.807, 2.05) is 0 Å². The van der Waals surface area contributed by atoms with Gasteiger partial charge in [-0.25, -0.2) is 13.2 Å². The lowest BCUT2D eigenvalue weighted by Crippen LogP contribution is -2.75. The molecule has 0 bridgehead atoms. The van der Waals surface area contributed by atoms with Crippen LogP contribution in [0, 0.1) is 17.5 Å². The van der Waals surface area contributed by atoms with E-state index >= 15 is 0 Å². The second-order valence-electron chi connectivity index (χ2n) is 7.28. The lowest BCUT2D eigenvalue weighted by atomic mass is 9.60. The monoisotopic (exact) mass is 319 g/mol. The smallest absolute Gasteiger partial charge is 0.194 e. The maximum absolute atomic E-state index is 13.6. The fraction of sp³-hybridized carbons (Fsp3) is 0.471. The molecule has 1 aromatic carbocycles. The van der Waals surface area contributed by atoms with Crippen LogP contribution < -0.4 is 0 Å². The molecule has 0 radical (unpaired) electrons. The van der Waals surface area contributed by atoms with Crippen molar-refractivity contribution in [1.82, 2.24) is 14.7 Å². The molecule has 3 nitrogen and oxygen atoms in total.